The molecule has 2 amide bonds. The molecule has 1 aromatic heterocycles. The monoisotopic (exact) mass is 435 g/mol. The van der Waals surface area contributed by atoms with E-state index in [2.05, 4.69) is 10.3 Å². The van der Waals surface area contributed by atoms with E-state index in [1.54, 1.807) is 42.7 Å². The summed E-state index contributed by atoms with van der Waals surface area (Å²) in [5.74, 6) is 0.518. The first-order valence-electron chi connectivity index (χ1n) is 9.60. The quantitative estimate of drug-likeness (QED) is 0.667. The topological polar surface area (TPSA) is 71.5 Å². The Morgan fingerprint density at radius 2 is 1.86 bits per heavy atom. The van der Waals surface area contributed by atoms with Gasteiger partial charge in [0.05, 0.1) is 11.6 Å². The van der Waals surface area contributed by atoms with E-state index in [0.717, 1.165) is 12.8 Å². The molecule has 0 radical (unpaired) electrons. The molecule has 29 heavy (non-hydrogen) atoms. The van der Waals surface area contributed by atoms with Crippen LogP contribution in [0.15, 0.2) is 42.7 Å². The number of nitrogens with zero attached hydrogens (tertiary/aromatic N) is 2. The highest BCUT2D eigenvalue weighted by Gasteiger charge is 2.24. The predicted molar refractivity (Wildman–Crippen MR) is 112 cm³/mol. The van der Waals surface area contributed by atoms with Crippen molar-refractivity contribution in [2.75, 3.05) is 19.7 Å². The molecule has 0 spiro atoms. The first kappa shape index (κ1) is 21.4. The fourth-order valence-electron chi connectivity index (χ4n) is 3.21. The molecular formula is C21H23Cl2N3O3. The van der Waals surface area contributed by atoms with Gasteiger partial charge < -0.3 is 15.0 Å². The van der Waals surface area contributed by atoms with Gasteiger partial charge in [0.1, 0.15) is 10.8 Å². The Kier molecular flexibility index (Phi) is 7.72. The van der Waals surface area contributed by atoms with E-state index in [1.165, 1.54) is 0 Å². The fourth-order valence-corrected chi connectivity index (χ4v) is 3.56. The van der Waals surface area contributed by atoms with Crippen molar-refractivity contribution in [2.24, 2.45) is 0 Å². The van der Waals surface area contributed by atoms with Crippen LogP contribution in [0.3, 0.4) is 0 Å². The Balaban J connectivity index is 1.34. The van der Waals surface area contributed by atoms with Gasteiger partial charge in [-0.05, 0) is 43.5 Å². The Morgan fingerprint density at radius 1 is 1.14 bits per heavy atom. The fraction of sp³-hybridized carbons (Fsp3) is 0.381. The number of piperidine rings is 1. The van der Waals surface area contributed by atoms with Crippen molar-refractivity contribution in [1.82, 2.24) is 15.2 Å². The first-order chi connectivity index (χ1) is 14.0. The van der Waals surface area contributed by atoms with Crippen LogP contribution >= 0.6 is 23.2 Å². The summed E-state index contributed by atoms with van der Waals surface area (Å²) in [4.78, 5) is 30.4. The first-order valence-corrected chi connectivity index (χ1v) is 10.4. The lowest BCUT2D eigenvalue weighted by atomic mass is 10.0. The van der Waals surface area contributed by atoms with Crippen molar-refractivity contribution in [3.63, 3.8) is 0 Å². The van der Waals surface area contributed by atoms with Crippen LogP contribution in [0.5, 0.6) is 5.75 Å². The Labute approximate surface area is 180 Å². The summed E-state index contributed by atoms with van der Waals surface area (Å²) >= 11 is 12.0. The van der Waals surface area contributed by atoms with E-state index in [4.69, 9.17) is 27.9 Å². The summed E-state index contributed by atoms with van der Waals surface area (Å²) in [5, 5.41) is 3.87. The average molecular weight is 436 g/mol. The summed E-state index contributed by atoms with van der Waals surface area (Å²) in [7, 11) is 0. The number of amides is 2. The molecule has 1 aliphatic heterocycles. The van der Waals surface area contributed by atoms with E-state index >= 15 is 0 Å². The van der Waals surface area contributed by atoms with Gasteiger partial charge in [0.2, 0.25) is 5.91 Å². The molecule has 0 aliphatic carbocycles. The van der Waals surface area contributed by atoms with Crippen LogP contribution in [0.25, 0.3) is 0 Å². The molecule has 1 aliphatic rings. The van der Waals surface area contributed by atoms with Crippen LogP contribution in [0.2, 0.25) is 10.0 Å². The van der Waals surface area contributed by atoms with Gasteiger partial charge in [0, 0.05) is 43.5 Å². The second kappa shape index (κ2) is 10.5. The van der Waals surface area contributed by atoms with Crippen molar-refractivity contribution in [3.8, 4) is 5.75 Å². The summed E-state index contributed by atoms with van der Waals surface area (Å²) in [5.41, 5.74) is 0.641. The number of carbonyl (C=O) groups excluding carboxylic acids is 2. The largest absolute Gasteiger partial charge is 0.492 e. The normalized spacial score (nSPS) is 14.5. The SMILES string of the molecule is O=C(CCCOc1cccc(Cl)c1Cl)NC1CCN(C(=O)c2ccncc2)CC1. The molecule has 0 atom stereocenters. The molecule has 8 heteroatoms. The number of aromatic nitrogens is 1. The van der Waals surface area contributed by atoms with Crippen LogP contribution in [-0.4, -0.2) is 47.4 Å². The van der Waals surface area contributed by atoms with E-state index in [0.29, 0.717) is 53.9 Å². The van der Waals surface area contributed by atoms with Gasteiger partial charge in [0.15, 0.2) is 0 Å². The molecule has 154 valence electrons. The van der Waals surface area contributed by atoms with Crippen molar-refractivity contribution in [2.45, 2.75) is 31.7 Å². The van der Waals surface area contributed by atoms with Gasteiger partial charge in [-0.2, -0.15) is 0 Å². The third-order valence-corrected chi connectivity index (χ3v) is 5.60. The molecule has 6 nitrogen and oxygen atoms in total. The number of likely N-dealkylation sites (tertiary alicyclic amines) is 1. The summed E-state index contributed by atoms with van der Waals surface area (Å²) in [6.45, 7) is 1.64. The number of hydrogen-bond acceptors (Lipinski definition) is 4. The van der Waals surface area contributed by atoms with Crippen LogP contribution in [-0.2, 0) is 4.79 Å². The van der Waals surface area contributed by atoms with Crippen LogP contribution < -0.4 is 10.1 Å². The summed E-state index contributed by atoms with van der Waals surface area (Å²) in [6, 6.07) is 8.73. The van der Waals surface area contributed by atoms with Crippen molar-refractivity contribution in [1.29, 1.82) is 0 Å². The molecule has 1 fully saturated rings. The number of benzene rings is 1. The molecule has 1 N–H and O–H groups in total. The van der Waals surface area contributed by atoms with Crippen LogP contribution in [0.4, 0.5) is 0 Å². The Bertz CT molecular complexity index is 840. The molecular weight excluding hydrogens is 413 g/mol. The molecule has 1 aromatic carbocycles. The molecule has 0 unspecified atom stereocenters. The highest BCUT2D eigenvalue weighted by Crippen LogP contribution is 2.31. The third kappa shape index (κ3) is 6.08. The maximum atomic E-state index is 12.4. The van der Waals surface area contributed by atoms with Crippen molar-refractivity contribution < 1.29 is 14.3 Å². The van der Waals surface area contributed by atoms with Gasteiger partial charge in [-0.1, -0.05) is 29.3 Å². The number of halogens is 2. The lowest BCUT2D eigenvalue weighted by Crippen LogP contribution is -2.46. The standard InChI is InChI=1S/C21H23Cl2N3O3/c22-17-3-1-4-18(20(17)23)29-14-2-5-19(27)25-16-8-12-26(13-9-16)21(28)15-6-10-24-11-7-15/h1,3-4,6-7,10-11,16H,2,5,8-9,12-14H2,(H,25,27). The number of nitrogens with one attached hydrogen (secondary N) is 1. The lowest BCUT2D eigenvalue weighted by molar-refractivity contribution is -0.122. The van der Waals surface area contributed by atoms with E-state index in [-0.39, 0.29) is 17.9 Å². The molecule has 2 aromatic rings. The van der Waals surface area contributed by atoms with Crippen LogP contribution in [0, 0.1) is 0 Å². The summed E-state index contributed by atoms with van der Waals surface area (Å²) < 4.78 is 5.60. The van der Waals surface area contributed by atoms with Crippen LogP contribution in [0.1, 0.15) is 36.0 Å². The van der Waals surface area contributed by atoms with Crippen molar-refractivity contribution in [3.05, 3.63) is 58.3 Å². The Morgan fingerprint density at radius 3 is 2.59 bits per heavy atom. The number of rotatable bonds is 7. The molecule has 2 heterocycles. The second-order valence-electron chi connectivity index (χ2n) is 6.87. The van der Waals surface area contributed by atoms with Gasteiger partial charge in [-0.25, -0.2) is 0 Å². The average Bonchev–Trinajstić information content (AvgIpc) is 2.75. The van der Waals surface area contributed by atoms with Gasteiger partial charge in [0.25, 0.3) is 5.91 Å². The van der Waals surface area contributed by atoms with Gasteiger partial charge in [-0.3, -0.25) is 14.6 Å². The molecule has 1 saturated heterocycles. The predicted octanol–water partition coefficient (Wildman–Crippen LogP) is 3.97. The molecule has 0 bridgehead atoms. The zero-order chi connectivity index (χ0) is 20.6. The maximum absolute atomic E-state index is 12.4. The number of hydrogen-bond donors (Lipinski definition) is 1. The number of pyridine rings is 1. The minimum atomic E-state index is -0.00954. The van der Waals surface area contributed by atoms with Gasteiger partial charge >= 0.3 is 0 Å². The maximum Gasteiger partial charge on any atom is 0.253 e. The highest BCUT2D eigenvalue weighted by molar-refractivity contribution is 6.42. The van der Waals surface area contributed by atoms with Gasteiger partial charge in [-0.15, -0.1) is 0 Å². The third-order valence-electron chi connectivity index (χ3n) is 4.80. The Hall–Kier alpha value is -2.31. The van der Waals surface area contributed by atoms with E-state index in [1.807, 2.05) is 4.90 Å². The minimum absolute atomic E-state index is 0.00833. The van der Waals surface area contributed by atoms with E-state index in [9.17, 15) is 9.59 Å². The number of carbonyl (C=O) groups is 2. The smallest absolute Gasteiger partial charge is 0.253 e. The zero-order valence-corrected chi connectivity index (χ0v) is 17.5. The highest BCUT2D eigenvalue weighted by atomic mass is 35.5. The minimum Gasteiger partial charge on any atom is -0.492 e. The zero-order valence-electron chi connectivity index (χ0n) is 15.9. The van der Waals surface area contributed by atoms with Crippen molar-refractivity contribution >= 4 is 35.0 Å². The molecule has 3 rings (SSSR count). The van der Waals surface area contributed by atoms with E-state index < -0.39 is 0 Å². The lowest BCUT2D eigenvalue weighted by Gasteiger charge is -2.32. The molecule has 0 saturated carbocycles. The number of ether oxygens (including phenoxy) is 1. The second-order valence-corrected chi connectivity index (χ2v) is 7.66. The summed E-state index contributed by atoms with van der Waals surface area (Å²) in [6.07, 6.45) is 5.67.